The molecule has 11 heterocycles. The number of fused-ring (bicyclic) bond motifs is 15. The highest BCUT2D eigenvalue weighted by atomic mass is 79.9. The number of carbonyl (C=O) groups excluding carboxylic acids is 1. The van der Waals surface area contributed by atoms with E-state index in [0.29, 0.717) is 167 Å². The standard InChI is InChI=1S/C24H25N3O3.C21H18N2O5.C20H17BrN2O3.C20H16N2O5.C20H18N2O4/c1-29-15-14-27-22-19-6-2-3-7-20(19)30-23(22)21(25-24(27)28)18-10-8-17(9-11-18)16-26-12-4-5-13-26;1-26-12-11-23-18-15-5-3-4-6-16(15)28-19(18)17(22-21(23)25)13-7-9-14(10-8-13)20(24)27-2;1-25-11-10-23-18-15-4-2-3-5-16(15)26-19(18)17(22-20(23)24)14-8-6-13(12-21)7-9-14;1-26-11-10-22-17-14-4-2-3-5-15(14)27-18(17)16(21-20(22)25)12-6-8-13(9-7-12)19(23)24;1-25-11-10-22-18-15-4-2-3-5-16(15)26-19(18)17(21-20(22)24)14-8-6-13(12-23)7-9-14/h2-3,6-11H,4-5,12-16H2,1H3;3-10H,11-12H2,1-2H3;2-9H,10-12H2,1H3;2-9H,10-11H2,1H3,(H,23,24);2-9,23H,10-12H2,1H3. The summed E-state index contributed by atoms with van der Waals surface area (Å²) >= 11 is 3.45. The summed E-state index contributed by atoms with van der Waals surface area (Å²) in [5.41, 5.74) is 18.3. The average Bonchev–Trinajstić information content (AvgIpc) is 1.63. The first kappa shape index (κ1) is 93.5. The van der Waals surface area contributed by atoms with Gasteiger partial charge in [-0.25, -0.2) is 33.6 Å². The van der Waals surface area contributed by atoms with Crippen molar-refractivity contribution >= 4 is 138 Å². The van der Waals surface area contributed by atoms with E-state index in [2.05, 4.69) is 57.9 Å². The number of aliphatic hydroxyl groups excluding tert-OH is 1. The Morgan fingerprint density at radius 1 is 0.328 bits per heavy atom. The first-order chi connectivity index (χ1) is 66.9. The van der Waals surface area contributed by atoms with Crippen molar-refractivity contribution in [2.24, 2.45) is 0 Å². The van der Waals surface area contributed by atoms with E-state index in [0.717, 1.165) is 94.3 Å². The minimum Gasteiger partial charge on any atom is -0.478 e. The van der Waals surface area contributed by atoms with E-state index in [-0.39, 0.29) is 34.9 Å². The van der Waals surface area contributed by atoms with Crippen molar-refractivity contribution < 1.29 is 70.3 Å². The molecule has 0 bridgehead atoms. The highest BCUT2D eigenvalue weighted by molar-refractivity contribution is 9.08. The topological polar surface area (TPSA) is 373 Å². The number of hydrogen-bond acceptors (Lipinski definition) is 25. The summed E-state index contributed by atoms with van der Waals surface area (Å²) in [6.07, 6.45) is 2.57. The number of aromatic nitrogens is 10. The van der Waals surface area contributed by atoms with E-state index < -0.39 is 17.6 Å². The molecular weight excluding hydrogens is 1820 g/mol. The number of carbonyl (C=O) groups is 2. The normalized spacial score (nSPS) is 12.1. The van der Waals surface area contributed by atoms with Gasteiger partial charge in [-0.3, -0.25) is 27.7 Å². The number of para-hydroxylation sites is 5. The highest BCUT2D eigenvalue weighted by Gasteiger charge is 2.27. The van der Waals surface area contributed by atoms with E-state index in [1.807, 2.05) is 182 Å². The van der Waals surface area contributed by atoms with Gasteiger partial charge in [-0.1, -0.05) is 174 Å². The SMILES string of the molecule is COCCn1c(=O)nc(-c2ccc(C(=O)O)cc2)c2oc3ccccc3c21.COCCn1c(=O)nc(-c2ccc(C(=O)OC)cc2)c2oc3ccccc3c21.COCCn1c(=O)nc(-c2ccc(CBr)cc2)c2oc3ccccc3c21.COCCn1c(=O)nc(-c2ccc(CN3CCCC3)cc2)c2oc3ccccc3c21.COCCn1c(=O)nc(-c2ccc(CO)cc2)c2oc3ccccc3c21. The van der Waals surface area contributed by atoms with Crippen LogP contribution in [-0.4, -0.2) is 164 Å². The van der Waals surface area contributed by atoms with Crippen molar-refractivity contribution in [3.05, 3.63) is 323 Å². The fourth-order valence-electron chi connectivity index (χ4n) is 16.9. The third kappa shape index (κ3) is 19.6. The van der Waals surface area contributed by atoms with E-state index in [9.17, 15) is 38.7 Å². The molecule has 0 amide bonds. The van der Waals surface area contributed by atoms with Crippen LogP contribution in [0.5, 0.6) is 0 Å². The number of ether oxygens (including phenoxy) is 6. The number of furan rings is 5. The number of hydrogen-bond donors (Lipinski definition) is 2. The minimum absolute atomic E-state index is 0.0353. The molecule has 0 saturated carbocycles. The van der Waals surface area contributed by atoms with Gasteiger partial charge < -0.3 is 60.7 Å². The lowest BCUT2D eigenvalue weighted by atomic mass is 10.1. The number of methoxy groups -OCH3 is 6. The van der Waals surface area contributed by atoms with Gasteiger partial charge in [-0.2, -0.15) is 24.9 Å². The second-order valence-electron chi connectivity index (χ2n) is 32.1. The predicted molar refractivity (Wildman–Crippen MR) is 527 cm³/mol. The van der Waals surface area contributed by atoms with Gasteiger partial charge >= 0.3 is 40.4 Å². The van der Waals surface area contributed by atoms with Crippen LogP contribution in [0.1, 0.15) is 50.2 Å². The first-order valence-corrected chi connectivity index (χ1v) is 45.3. The van der Waals surface area contributed by atoms with E-state index in [4.69, 9.17) is 55.6 Å². The summed E-state index contributed by atoms with van der Waals surface area (Å²) in [5, 5.41) is 23.4. The van der Waals surface area contributed by atoms with Crippen molar-refractivity contribution in [1.29, 1.82) is 0 Å². The molecule has 21 rings (SSSR count). The second kappa shape index (κ2) is 42.5. The number of esters is 1. The van der Waals surface area contributed by atoms with E-state index >= 15 is 0 Å². The summed E-state index contributed by atoms with van der Waals surface area (Å²) in [4.78, 5) is 111. The van der Waals surface area contributed by atoms with Gasteiger partial charge in [0.15, 0.2) is 27.9 Å². The molecule has 137 heavy (non-hydrogen) atoms. The Hall–Kier alpha value is -15.3. The number of aromatic carboxylic acids is 1. The number of likely N-dealkylation sites (tertiary alicyclic amines) is 1. The number of carboxylic acids is 1. The maximum atomic E-state index is 12.9. The molecule has 1 aliphatic heterocycles. The van der Waals surface area contributed by atoms with Crippen LogP contribution in [0.25, 0.3) is 167 Å². The summed E-state index contributed by atoms with van der Waals surface area (Å²) in [6.45, 7) is 7.23. The number of aliphatic hydroxyl groups is 1. The lowest BCUT2D eigenvalue weighted by Crippen LogP contribution is -2.25. The number of carboxylic acid groups (broad SMARTS) is 1. The predicted octanol–water partition coefficient (Wildman–Crippen LogP) is 17.7. The average molecular weight is 1910 g/mol. The maximum Gasteiger partial charge on any atom is 0.348 e. The fourth-order valence-corrected chi connectivity index (χ4v) is 17.3. The third-order valence-electron chi connectivity index (χ3n) is 23.7. The summed E-state index contributed by atoms with van der Waals surface area (Å²) < 4.78 is 68.9. The Kier molecular flexibility index (Phi) is 29.0. The Morgan fingerprint density at radius 3 is 0.810 bits per heavy atom. The van der Waals surface area contributed by atoms with Crippen LogP contribution in [0.4, 0.5) is 0 Å². The zero-order valence-corrected chi connectivity index (χ0v) is 77.2. The number of rotatable bonds is 26. The maximum absolute atomic E-state index is 12.9. The zero-order valence-electron chi connectivity index (χ0n) is 75.7. The van der Waals surface area contributed by atoms with Gasteiger partial charge in [0.2, 0.25) is 0 Å². The van der Waals surface area contributed by atoms with Crippen LogP contribution in [-0.2, 0) is 79.6 Å². The van der Waals surface area contributed by atoms with Crippen molar-refractivity contribution in [2.45, 2.75) is 64.0 Å². The van der Waals surface area contributed by atoms with Gasteiger partial charge in [0.1, 0.15) is 84.0 Å². The fraction of sp³-hybridized carbons (Fsp3) is 0.219. The Bertz CT molecular complexity index is 7950. The van der Waals surface area contributed by atoms with E-state index in [1.165, 1.54) is 50.7 Å². The smallest absolute Gasteiger partial charge is 0.348 e. The van der Waals surface area contributed by atoms with E-state index in [1.54, 1.807) is 94.8 Å². The van der Waals surface area contributed by atoms with Crippen LogP contribution in [0, 0.1) is 0 Å². The number of benzene rings is 10. The lowest BCUT2D eigenvalue weighted by Gasteiger charge is -2.14. The zero-order chi connectivity index (χ0) is 95.3. The molecule has 0 aliphatic carbocycles. The lowest BCUT2D eigenvalue weighted by molar-refractivity contribution is 0.0599. The van der Waals surface area contributed by atoms with Gasteiger partial charge in [-0.05, 0) is 128 Å². The quantitative estimate of drug-likeness (QED) is 0.0375. The monoisotopic (exact) mass is 1910 g/mol. The van der Waals surface area contributed by atoms with Gasteiger partial charge in [0, 0.05) is 102 Å². The summed E-state index contributed by atoms with van der Waals surface area (Å²) in [7, 11) is 9.32. The Labute approximate surface area is 788 Å². The molecule has 20 aromatic rings. The second-order valence-corrected chi connectivity index (χ2v) is 32.7. The van der Waals surface area contributed by atoms with Gasteiger partial charge in [-0.15, -0.1) is 0 Å². The molecule has 1 aliphatic rings. The molecule has 10 aromatic heterocycles. The number of alkyl halides is 1. The van der Waals surface area contributed by atoms with Crippen molar-refractivity contribution in [2.75, 3.05) is 88.8 Å². The molecule has 2 N–H and O–H groups in total. The molecule has 0 radical (unpaired) electrons. The van der Waals surface area contributed by atoms with Crippen LogP contribution in [0.15, 0.2) is 289 Å². The molecule has 10 aromatic carbocycles. The molecule has 0 atom stereocenters. The van der Waals surface area contributed by atoms with Crippen molar-refractivity contribution in [3.8, 4) is 56.3 Å². The van der Waals surface area contributed by atoms with Crippen LogP contribution in [0.2, 0.25) is 0 Å². The Balaban J connectivity index is 0.000000119. The van der Waals surface area contributed by atoms with Crippen LogP contribution >= 0.6 is 15.9 Å². The molecule has 0 spiro atoms. The molecule has 32 heteroatoms. The third-order valence-corrected chi connectivity index (χ3v) is 24.3. The van der Waals surface area contributed by atoms with Crippen LogP contribution < -0.4 is 28.4 Å². The number of halogens is 1. The molecule has 0 unspecified atom stereocenters. The molecule has 31 nitrogen and oxygen atoms in total. The first-order valence-electron chi connectivity index (χ1n) is 44.2. The highest BCUT2D eigenvalue weighted by Crippen LogP contribution is 2.40. The molecular formula is C105H94BrN11O20. The van der Waals surface area contributed by atoms with Gasteiger partial charge in [0.25, 0.3) is 0 Å². The summed E-state index contributed by atoms with van der Waals surface area (Å²) in [6, 6.07) is 74.6. The largest absolute Gasteiger partial charge is 0.478 e. The minimum atomic E-state index is -1.02. The summed E-state index contributed by atoms with van der Waals surface area (Å²) in [5.74, 6) is -1.44. The van der Waals surface area contributed by atoms with Gasteiger partial charge in [0.05, 0.1) is 90.6 Å². The van der Waals surface area contributed by atoms with Crippen LogP contribution in [0.3, 0.4) is 0 Å². The number of nitrogens with zero attached hydrogens (tertiary/aromatic N) is 11. The molecule has 1 saturated heterocycles. The Morgan fingerprint density at radius 2 is 0.569 bits per heavy atom. The molecule has 1 fully saturated rings. The van der Waals surface area contributed by atoms with Crippen molar-refractivity contribution in [1.82, 2.24) is 52.7 Å². The van der Waals surface area contributed by atoms with Crippen molar-refractivity contribution in [3.63, 3.8) is 0 Å². The molecule has 696 valence electrons.